The van der Waals surface area contributed by atoms with E-state index in [1.165, 1.54) is 31.2 Å². The molecule has 76 valence electrons. The number of hydrogen-bond acceptors (Lipinski definition) is 2. The molecule has 0 aromatic carbocycles. The number of nitrogens with zero attached hydrogens (tertiary/aromatic N) is 1. The monoisotopic (exact) mass is 191 g/mol. The van der Waals surface area contributed by atoms with Gasteiger partial charge in [-0.25, -0.2) is 0 Å². The Morgan fingerprint density at radius 1 is 1.43 bits per heavy atom. The summed E-state index contributed by atoms with van der Waals surface area (Å²) in [6.45, 7) is 0.977. The van der Waals surface area contributed by atoms with Crippen LogP contribution in [-0.4, -0.2) is 16.2 Å². The summed E-state index contributed by atoms with van der Waals surface area (Å²) in [5.74, 6) is 1.99. The van der Waals surface area contributed by atoms with Gasteiger partial charge < -0.3 is 5.32 Å². The lowest BCUT2D eigenvalue weighted by atomic mass is 9.95. The zero-order valence-corrected chi connectivity index (χ0v) is 8.37. The number of rotatable bonds is 3. The molecule has 3 unspecified atom stereocenters. The molecule has 2 fully saturated rings. The first-order chi connectivity index (χ1) is 6.92. The summed E-state index contributed by atoms with van der Waals surface area (Å²) >= 11 is 0. The molecule has 0 radical (unpaired) electrons. The molecule has 1 aromatic rings. The Labute approximate surface area is 84.3 Å². The van der Waals surface area contributed by atoms with Gasteiger partial charge in [-0.15, -0.1) is 0 Å². The van der Waals surface area contributed by atoms with Crippen molar-refractivity contribution in [1.82, 2.24) is 15.5 Å². The van der Waals surface area contributed by atoms with Crippen LogP contribution in [0.25, 0.3) is 0 Å². The van der Waals surface area contributed by atoms with E-state index in [1.807, 2.05) is 12.4 Å². The lowest BCUT2D eigenvalue weighted by Crippen LogP contribution is -2.33. The minimum absolute atomic E-state index is 0.781. The Hall–Kier alpha value is -0.830. The molecule has 3 rings (SSSR count). The van der Waals surface area contributed by atoms with E-state index in [0.29, 0.717) is 0 Å². The number of aromatic amines is 1. The fourth-order valence-electron chi connectivity index (χ4n) is 3.12. The normalized spacial score (nSPS) is 35.3. The van der Waals surface area contributed by atoms with Crippen molar-refractivity contribution in [2.75, 3.05) is 0 Å². The van der Waals surface area contributed by atoms with Crippen molar-refractivity contribution in [3.63, 3.8) is 0 Å². The van der Waals surface area contributed by atoms with Gasteiger partial charge in [0.15, 0.2) is 0 Å². The maximum atomic E-state index is 3.95. The molecular formula is C11H17N3. The molecule has 2 aliphatic carbocycles. The molecule has 14 heavy (non-hydrogen) atoms. The molecule has 0 aliphatic heterocycles. The number of aromatic nitrogens is 2. The second kappa shape index (κ2) is 3.39. The van der Waals surface area contributed by atoms with Crippen molar-refractivity contribution >= 4 is 0 Å². The molecule has 2 aliphatic rings. The van der Waals surface area contributed by atoms with Gasteiger partial charge in [0.05, 0.1) is 6.20 Å². The van der Waals surface area contributed by atoms with E-state index >= 15 is 0 Å². The van der Waals surface area contributed by atoms with Crippen molar-refractivity contribution in [2.45, 2.75) is 38.3 Å². The molecule has 0 amide bonds. The molecular weight excluding hydrogens is 174 g/mol. The Morgan fingerprint density at radius 3 is 3.07 bits per heavy atom. The molecule has 2 bridgehead atoms. The standard InChI is InChI=1S/C11H17N3/c1-2-10-3-8(1)4-11(10)12-5-9-6-13-14-7-9/h6-8,10-12H,1-5H2,(H,13,14). The van der Waals surface area contributed by atoms with E-state index in [0.717, 1.165) is 24.4 Å². The summed E-state index contributed by atoms with van der Waals surface area (Å²) < 4.78 is 0. The van der Waals surface area contributed by atoms with Crippen LogP contribution in [0.4, 0.5) is 0 Å². The van der Waals surface area contributed by atoms with Crippen LogP contribution >= 0.6 is 0 Å². The van der Waals surface area contributed by atoms with Crippen LogP contribution < -0.4 is 5.32 Å². The van der Waals surface area contributed by atoms with Gasteiger partial charge in [0, 0.05) is 24.3 Å². The predicted molar refractivity (Wildman–Crippen MR) is 54.7 cm³/mol. The van der Waals surface area contributed by atoms with Crippen LogP contribution in [0.2, 0.25) is 0 Å². The Morgan fingerprint density at radius 2 is 2.43 bits per heavy atom. The molecule has 0 spiro atoms. The van der Waals surface area contributed by atoms with Gasteiger partial charge in [-0.3, -0.25) is 5.10 Å². The topological polar surface area (TPSA) is 40.7 Å². The zero-order chi connectivity index (χ0) is 9.38. The Kier molecular flexibility index (Phi) is 2.05. The van der Waals surface area contributed by atoms with E-state index in [1.54, 1.807) is 0 Å². The third-order valence-corrected chi connectivity index (χ3v) is 3.86. The molecule has 3 atom stereocenters. The van der Waals surface area contributed by atoms with Gasteiger partial charge in [-0.05, 0) is 31.1 Å². The van der Waals surface area contributed by atoms with Crippen LogP contribution in [0.3, 0.4) is 0 Å². The lowest BCUT2D eigenvalue weighted by Gasteiger charge is -2.22. The van der Waals surface area contributed by atoms with Crippen molar-refractivity contribution in [2.24, 2.45) is 11.8 Å². The van der Waals surface area contributed by atoms with E-state index < -0.39 is 0 Å². The largest absolute Gasteiger partial charge is 0.310 e. The van der Waals surface area contributed by atoms with Gasteiger partial charge in [0.1, 0.15) is 0 Å². The van der Waals surface area contributed by atoms with E-state index in [4.69, 9.17) is 0 Å². The highest BCUT2D eigenvalue weighted by Gasteiger charge is 2.38. The highest BCUT2D eigenvalue weighted by Crippen LogP contribution is 2.44. The SMILES string of the molecule is c1n[nH]cc1CNC1CC2CCC1C2. The molecule has 2 saturated carbocycles. The van der Waals surface area contributed by atoms with Gasteiger partial charge in [-0.2, -0.15) is 5.10 Å². The maximum Gasteiger partial charge on any atom is 0.0532 e. The average molecular weight is 191 g/mol. The molecule has 1 aromatic heterocycles. The lowest BCUT2D eigenvalue weighted by molar-refractivity contribution is 0.351. The fourth-order valence-corrected chi connectivity index (χ4v) is 3.12. The van der Waals surface area contributed by atoms with Gasteiger partial charge in [-0.1, -0.05) is 6.42 Å². The number of hydrogen-bond donors (Lipinski definition) is 2. The number of nitrogens with one attached hydrogen (secondary N) is 2. The third kappa shape index (κ3) is 1.46. The van der Waals surface area contributed by atoms with Crippen LogP contribution in [0, 0.1) is 11.8 Å². The summed E-state index contributed by atoms with van der Waals surface area (Å²) in [4.78, 5) is 0. The van der Waals surface area contributed by atoms with Crippen molar-refractivity contribution < 1.29 is 0 Å². The van der Waals surface area contributed by atoms with Crippen molar-refractivity contribution in [3.05, 3.63) is 18.0 Å². The smallest absolute Gasteiger partial charge is 0.0532 e. The second-order valence-electron chi connectivity index (χ2n) is 4.77. The van der Waals surface area contributed by atoms with E-state index in [9.17, 15) is 0 Å². The summed E-state index contributed by atoms with van der Waals surface area (Å²) in [5.41, 5.74) is 1.27. The Balaban J connectivity index is 1.54. The predicted octanol–water partition coefficient (Wildman–Crippen LogP) is 1.69. The van der Waals surface area contributed by atoms with Crippen molar-refractivity contribution in [3.8, 4) is 0 Å². The summed E-state index contributed by atoms with van der Waals surface area (Å²) in [5, 5.41) is 10.5. The highest BCUT2D eigenvalue weighted by molar-refractivity contribution is 5.03. The van der Waals surface area contributed by atoms with E-state index in [2.05, 4.69) is 15.5 Å². The summed E-state index contributed by atoms with van der Waals surface area (Å²) in [6.07, 6.45) is 9.69. The van der Waals surface area contributed by atoms with Crippen molar-refractivity contribution in [1.29, 1.82) is 0 Å². The second-order valence-corrected chi connectivity index (χ2v) is 4.77. The number of H-pyrrole nitrogens is 1. The van der Waals surface area contributed by atoms with Gasteiger partial charge >= 0.3 is 0 Å². The quantitative estimate of drug-likeness (QED) is 0.763. The molecule has 0 saturated heterocycles. The first-order valence-corrected chi connectivity index (χ1v) is 5.63. The first kappa shape index (κ1) is 8.48. The number of fused-ring (bicyclic) bond motifs is 2. The molecule has 1 heterocycles. The van der Waals surface area contributed by atoms with Crippen LogP contribution in [0.1, 0.15) is 31.2 Å². The molecule has 2 N–H and O–H groups in total. The minimum atomic E-state index is 0.781. The van der Waals surface area contributed by atoms with Crippen LogP contribution in [0.5, 0.6) is 0 Å². The van der Waals surface area contributed by atoms with Crippen LogP contribution in [0.15, 0.2) is 12.4 Å². The van der Waals surface area contributed by atoms with Gasteiger partial charge in [0.25, 0.3) is 0 Å². The minimum Gasteiger partial charge on any atom is -0.310 e. The summed E-state index contributed by atoms with van der Waals surface area (Å²) in [7, 11) is 0. The van der Waals surface area contributed by atoms with Gasteiger partial charge in [0.2, 0.25) is 0 Å². The fraction of sp³-hybridized carbons (Fsp3) is 0.727. The third-order valence-electron chi connectivity index (χ3n) is 3.86. The van der Waals surface area contributed by atoms with Crippen LogP contribution in [-0.2, 0) is 6.54 Å². The maximum absolute atomic E-state index is 3.95. The van der Waals surface area contributed by atoms with E-state index in [-0.39, 0.29) is 0 Å². The zero-order valence-electron chi connectivity index (χ0n) is 8.37. The average Bonchev–Trinajstić information content (AvgIpc) is 2.91. The molecule has 3 nitrogen and oxygen atoms in total. The first-order valence-electron chi connectivity index (χ1n) is 5.63. The molecule has 3 heteroatoms. The highest BCUT2D eigenvalue weighted by atomic mass is 15.1. The summed E-state index contributed by atoms with van der Waals surface area (Å²) in [6, 6.07) is 0.781. The Bertz CT molecular complexity index is 293.